The van der Waals surface area contributed by atoms with E-state index >= 15 is 0 Å². The van der Waals surface area contributed by atoms with Crippen molar-refractivity contribution in [1.29, 1.82) is 0 Å². The van der Waals surface area contributed by atoms with E-state index in [1.807, 2.05) is 0 Å². The molecule has 1 aromatic carbocycles. The molecule has 0 amide bonds. The molecule has 0 aliphatic heterocycles. The van der Waals surface area contributed by atoms with Crippen LogP contribution in [0.5, 0.6) is 0 Å². The van der Waals surface area contributed by atoms with Gasteiger partial charge in [-0.05, 0) is 41.9 Å². The van der Waals surface area contributed by atoms with Crippen molar-refractivity contribution in [3.05, 3.63) is 34.9 Å². The van der Waals surface area contributed by atoms with E-state index in [4.69, 9.17) is 5.73 Å². The Balaban J connectivity index is 2.26. The van der Waals surface area contributed by atoms with Gasteiger partial charge >= 0.3 is 0 Å². The van der Waals surface area contributed by atoms with Crippen LogP contribution in [0.15, 0.2) is 18.2 Å². The van der Waals surface area contributed by atoms with Crippen LogP contribution in [-0.2, 0) is 12.8 Å². The van der Waals surface area contributed by atoms with Crippen LogP contribution in [0.2, 0.25) is 0 Å². The molecule has 1 unspecified atom stereocenters. The lowest BCUT2D eigenvalue weighted by Crippen LogP contribution is -2.06. The maximum absolute atomic E-state index is 6.05. The van der Waals surface area contributed by atoms with Crippen LogP contribution in [0.25, 0.3) is 0 Å². The summed E-state index contributed by atoms with van der Waals surface area (Å²) in [4.78, 5) is 0. The zero-order valence-electron chi connectivity index (χ0n) is 9.09. The zero-order valence-corrected chi connectivity index (χ0v) is 9.09. The molecule has 0 aromatic heterocycles. The van der Waals surface area contributed by atoms with E-state index < -0.39 is 0 Å². The molecule has 14 heavy (non-hydrogen) atoms. The lowest BCUT2D eigenvalue weighted by molar-refractivity contribution is 0.645. The highest BCUT2D eigenvalue weighted by Crippen LogP contribution is 2.30. The normalized spacial score (nSPS) is 20.1. The van der Waals surface area contributed by atoms with Crippen LogP contribution in [0.1, 0.15) is 43.0 Å². The summed E-state index contributed by atoms with van der Waals surface area (Å²) in [5.74, 6) is 0.727. The van der Waals surface area contributed by atoms with Crippen LogP contribution in [0.3, 0.4) is 0 Å². The molecule has 2 N–H and O–H groups in total. The summed E-state index contributed by atoms with van der Waals surface area (Å²) in [6.45, 7) is 4.51. The molecular weight excluding hydrogens is 170 g/mol. The van der Waals surface area contributed by atoms with E-state index in [2.05, 4.69) is 32.0 Å². The van der Waals surface area contributed by atoms with Crippen LogP contribution in [0, 0.1) is 5.92 Å². The third-order valence-electron chi connectivity index (χ3n) is 2.98. The Bertz CT molecular complexity index is 328. The van der Waals surface area contributed by atoms with E-state index in [-0.39, 0.29) is 6.04 Å². The average Bonchev–Trinajstić information content (AvgIpc) is 2.47. The molecule has 0 saturated heterocycles. The van der Waals surface area contributed by atoms with Gasteiger partial charge in [-0.1, -0.05) is 32.0 Å². The first-order valence-electron chi connectivity index (χ1n) is 5.54. The molecule has 0 heterocycles. The van der Waals surface area contributed by atoms with Crippen molar-refractivity contribution in [2.24, 2.45) is 11.7 Å². The predicted molar refractivity (Wildman–Crippen MR) is 60.2 cm³/mol. The molecule has 0 spiro atoms. The summed E-state index contributed by atoms with van der Waals surface area (Å²) >= 11 is 0. The van der Waals surface area contributed by atoms with Crippen molar-refractivity contribution < 1.29 is 0 Å². The smallest absolute Gasteiger partial charge is 0.0300 e. The largest absolute Gasteiger partial charge is 0.324 e. The number of hydrogen-bond donors (Lipinski definition) is 1. The standard InChI is InChI=1S/C13H19N/c1-9(2)7-10-3-4-11-5-6-13(14)12(11)8-10/h3-4,8-9,13H,5-7,14H2,1-2H3. The first kappa shape index (κ1) is 9.72. The van der Waals surface area contributed by atoms with Crippen molar-refractivity contribution >= 4 is 0 Å². The fraction of sp³-hybridized carbons (Fsp3) is 0.538. The maximum Gasteiger partial charge on any atom is 0.0300 e. The second kappa shape index (κ2) is 3.74. The summed E-state index contributed by atoms with van der Waals surface area (Å²) in [5, 5.41) is 0. The number of rotatable bonds is 2. The maximum atomic E-state index is 6.05. The first-order valence-corrected chi connectivity index (χ1v) is 5.54. The van der Waals surface area contributed by atoms with Crippen LogP contribution < -0.4 is 5.73 Å². The number of benzene rings is 1. The fourth-order valence-electron chi connectivity index (χ4n) is 2.28. The van der Waals surface area contributed by atoms with E-state index in [1.165, 1.54) is 29.5 Å². The predicted octanol–water partition coefficient (Wildman–Crippen LogP) is 2.83. The van der Waals surface area contributed by atoms with E-state index in [1.54, 1.807) is 0 Å². The van der Waals surface area contributed by atoms with Gasteiger partial charge in [-0.25, -0.2) is 0 Å². The summed E-state index contributed by atoms with van der Waals surface area (Å²) in [6, 6.07) is 7.13. The molecule has 0 fully saturated rings. The molecule has 1 atom stereocenters. The van der Waals surface area contributed by atoms with Crippen LogP contribution >= 0.6 is 0 Å². The molecule has 0 radical (unpaired) electrons. The van der Waals surface area contributed by atoms with E-state index in [9.17, 15) is 0 Å². The van der Waals surface area contributed by atoms with E-state index in [0.29, 0.717) is 0 Å². The van der Waals surface area contributed by atoms with Crippen molar-refractivity contribution in [2.45, 2.75) is 39.2 Å². The van der Waals surface area contributed by atoms with Gasteiger partial charge in [0.2, 0.25) is 0 Å². The average molecular weight is 189 g/mol. The molecule has 1 aliphatic rings. The number of aryl methyl sites for hydroxylation is 1. The Morgan fingerprint density at radius 3 is 2.93 bits per heavy atom. The zero-order chi connectivity index (χ0) is 10.1. The number of hydrogen-bond acceptors (Lipinski definition) is 1. The first-order chi connectivity index (χ1) is 6.66. The van der Waals surface area contributed by atoms with Gasteiger partial charge < -0.3 is 5.73 Å². The van der Waals surface area contributed by atoms with Gasteiger partial charge in [0.1, 0.15) is 0 Å². The highest BCUT2D eigenvalue weighted by Gasteiger charge is 2.18. The van der Waals surface area contributed by atoms with Crippen molar-refractivity contribution in [1.82, 2.24) is 0 Å². The molecule has 1 heteroatoms. The van der Waals surface area contributed by atoms with Gasteiger partial charge in [-0.3, -0.25) is 0 Å². The van der Waals surface area contributed by atoms with Crippen molar-refractivity contribution in [3.8, 4) is 0 Å². The highest BCUT2D eigenvalue weighted by atomic mass is 14.6. The summed E-state index contributed by atoms with van der Waals surface area (Å²) < 4.78 is 0. The Morgan fingerprint density at radius 1 is 1.43 bits per heavy atom. The second-order valence-corrected chi connectivity index (χ2v) is 4.78. The third-order valence-corrected chi connectivity index (χ3v) is 2.98. The summed E-state index contributed by atoms with van der Waals surface area (Å²) in [7, 11) is 0. The number of fused-ring (bicyclic) bond motifs is 1. The fourth-order valence-corrected chi connectivity index (χ4v) is 2.28. The van der Waals surface area contributed by atoms with Gasteiger partial charge in [-0.2, -0.15) is 0 Å². The number of nitrogens with two attached hydrogens (primary N) is 1. The van der Waals surface area contributed by atoms with Gasteiger partial charge in [0.15, 0.2) is 0 Å². The van der Waals surface area contributed by atoms with E-state index in [0.717, 1.165) is 12.3 Å². The molecule has 1 aliphatic carbocycles. The third kappa shape index (κ3) is 1.83. The Labute approximate surface area is 86.3 Å². The van der Waals surface area contributed by atoms with Gasteiger partial charge in [0, 0.05) is 6.04 Å². The van der Waals surface area contributed by atoms with Crippen molar-refractivity contribution in [3.63, 3.8) is 0 Å². The highest BCUT2D eigenvalue weighted by molar-refractivity contribution is 5.37. The van der Waals surface area contributed by atoms with Gasteiger partial charge in [0.25, 0.3) is 0 Å². The lowest BCUT2D eigenvalue weighted by atomic mass is 9.98. The summed E-state index contributed by atoms with van der Waals surface area (Å²) in [5.41, 5.74) is 10.3. The second-order valence-electron chi connectivity index (χ2n) is 4.78. The molecule has 2 rings (SSSR count). The molecule has 1 nitrogen and oxygen atoms in total. The Hall–Kier alpha value is -0.820. The minimum atomic E-state index is 0.289. The van der Waals surface area contributed by atoms with Gasteiger partial charge in [-0.15, -0.1) is 0 Å². The van der Waals surface area contributed by atoms with Crippen LogP contribution in [0.4, 0.5) is 0 Å². The molecular formula is C13H19N. The topological polar surface area (TPSA) is 26.0 Å². The summed E-state index contributed by atoms with van der Waals surface area (Å²) in [6.07, 6.45) is 3.46. The minimum absolute atomic E-state index is 0.289. The quantitative estimate of drug-likeness (QED) is 0.760. The molecule has 1 aromatic rings. The SMILES string of the molecule is CC(C)Cc1ccc2c(c1)C(N)CC2. The Morgan fingerprint density at radius 2 is 2.21 bits per heavy atom. The minimum Gasteiger partial charge on any atom is -0.324 e. The monoisotopic (exact) mass is 189 g/mol. The van der Waals surface area contributed by atoms with Crippen molar-refractivity contribution in [2.75, 3.05) is 0 Å². The molecule has 76 valence electrons. The lowest BCUT2D eigenvalue weighted by Gasteiger charge is -2.09. The molecule has 0 saturated carbocycles. The van der Waals surface area contributed by atoms with Crippen LogP contribution in [-0.4, -0.2) is 0 Å². The Kier molecular flexibility index (Phi) is 2.60. The molecule has 0 bridgehead atoms. The van der Waals surface area contributed by atoms with Gasteiger partial charge in [0.05, 0.1) is 0 Å².